The Bertz CT molecular complexity index is 2280. The van der Waals surface area contributed by atoms with E-state index < -0.39 is 0 Å². The van der Waals surface area contributed by atoms with E-state index in [1.165, 1.54) is 0 Å². The molecule has 9 rings (SSSR count). The van der Waals surface area contributed by atoms with Gasteiger partial charge in [-0.3, -0.25) is 18.7 Å². The van der Waals surface area contributed by atoms with Crippen LogP contribution < -0.4 is 0 Å². The molecule has 234 valence electrons. The minimum atomic E-state index is 0.825. The maximum atomic E-state index is 5.27. The van der Waals surface area contributed by atoms with Crippen LogP contribution in [0.3, 0.4) is 0 Å². The van der Waals surface area contributed by atoms with Gasteiger partial charge in [-0.15, -0.1) is 0 Å². The minimum absolute atomic E-state index is 0.825. The largest absolute Gasteiger partial charge is 0.354 e. The van der Waals surface area contributed by atoms with E-state index in [2.05, 4.69) is 78.9 Å². The first-order valence-electron chi connectivity index (χ1n) is 15.5. The molecule has 0 spiro atoms. The zero-order valence-corrected chi connectivity index (χ0v) is 26.7. The van der Waals surface area contributed by atoms with Gasteiger partial charge in [-0.2, -0.15) is 20.4 Å². The van der Waals surface area contributed by atoms with Crippen molar-refractivity contribution in [3.63, 3.8) is 0 Å². The molecule has 48 heavy (non-hydrogen) atoms. The van der Waals surface area contributed by atoms with Crippen molar-refractivity contribution in [2.24, 2.45) is 28.2 Å². The average Bonchev–Trinajstić information content (AvgIpc) is 3.89. The number of aromatic nitrogens is 12. The number of hydrogen-bond acceptors (Lipinski definition) is 6. The standard InChI is InChI=1S/C36H30N12/c1-45-17-21(13-37-45)33-25-5-7-27(41-25)34(22-14-38-46(2)18-22)29-9-11-31(43-29)36(24-16-40-48(4)20-24)32-12-10-30(44-32)35(23-15-39-47(3)19-23)28-8-6-26(33)42-28/h5-20,41,44H,1-4H3. The zero-order chi connectivity index (χ0) is 32.5. The van der Waals surface area contributed by atoms with Crippen LogP contribution in [0.15, 0.2) is 73.8 Å². The van der Waals surface area contributed by atoms with Crippen molar-refractivity contribution in [1.82, 2.24) is 59.1 Å². The minimum Gasteiger partial charge on any atom is -0.354 e. The highest BCUT2D eigenvalue weighted by atomic mass is 15.3. The summed E-state index contributed by atoms with van der Waals surface area (Å²) in [7, 11) is 7.68. The summed E-state index contributed by atoms with van der Waals surface area (Å²) in [5.41, 5.74) is 14.5. The molecule has 0 saturated carbocycles. The number of fused-ring (bicyclic) bond motifs is 8. The van der Waals surface area contributed by atoms with Gasteiger partial charge in [-0.1, -0.05) is 0 Å². The van der Waals surface area contributed by atoms with Crippen molar-refractivity contribution in [2.75, 3.05) is 0 Å². The summed E-state index contributed by atoms with van der Waals surface area (Å²) < 4.78 is 7.23. The lowest BCUT2D eigenvalue weighted by Crippen LogP contribution is -1.89. The fourth-order valence-electron chi connectivity index (χ4n) is 6.62. The Kier molecular flexibility index (Phi) is 6.06. The van der Waals surface area contributed by atoms with Gasteiger partial charge in [0, 0.05) is 120 Å². The van der Waals surface area contributed by atoms with Crippen LogP contribution in [-0.2, 0) is 28.2 Å². The number of nitrogens with zero attached hydrogens (tertiary/aromatic N) is 10. The highest BCUT2D eigenvalue weighted by molar-refractivity contribution is 5.99. The van der Waals surface area contributed by atoms with Crippen molar-refractivity contribution >= 4 is 46.4 Å². The average molecular weight is 631 g/mol. The van der Waals surface area contributed by atoms with Crippen LogP contribution >= 0.6 is 0 Å². The molecule has 0 aliphatic carbocycles. The summed E-state index contributed by atoms with van der Waals surface area (Å²) in [4.78, 5) is 18.0. The molecule has 2 N–H and O–H groups in total. The lowest BCUT2D eigenvalue weighted by molar-refractivity contribution is 0.768. The van der Waals surface area contributed by atoms with Crippen LogP contribution in [0.1, 0.15) is 22.8 Å². The smallest absolute Gasteiger partial charge is 0.0738 e. The molecule has 0 atom stereocenters. The lowest BCUT2D eigenvalue weighted by Gasteiger charge is -2.03. The first-order valence-corrected chi connectivity index (χ1v) is 15.5. The van der Waals surface area contributed by atoms with Crippen LogP contribution in [0, 0.1) is 0 Å². The molecular weight excluding hydrogens is 600 g/mol. The molecular formula is C36H30N12. The summed E-state index contributed by atoms with van der Waals surface area (Å²) in [5, 5.41) is 18.0. The van der Waals surface area contributed by atoms with E-state index in [0.717, 1.165) is 89.4 Å². The van der Waals surface area contributed by atoms with Gasteiger partial charge in [0.2, 0.25) is 0 Å². The molecule has 0 fully saturated rings. The number of nitrogens with one attached hydrogen (secondary N) is 2. The Labute approximate surface area is 274 Å². The number of H-pyrrole nitrogens is 2. The van der Waals surface area contributed by atoms with E-state index >= 15 is 0 Å². The lowest BCUT2D eigenvalue weighted by atomic mass is 10.1. The Morgan fingerprint density at radius 2 is 0.646 bits per heavy atom. The summed E-state index contributed by atoms with van der Waals surface area (Å²) >= 11 is 0. The molecule has 0 unspecified atom stereocenters. The van der Waals surface area contributed by atoms with E-state index in [9.17, 15) is 0 Å². The van der Waals surface area contributed by atoms with Gasteiger partial charge >= 0.3 is 0 Å². The molecule has 9 heterocycles. The third kappa shape index (κ3) is 4.53. The second-order valence-corrected chi connectivity index (χ2v) is 12.1. The van der Waals surface area contributed by atoms with E-state index in [0.29, 0.717) is 0 Å². The number of rotatable bonds is 4. The molecule has 0 aromatic carbocycles. The zero-order valence-electron chi connectivity index (χ0n) is 26.7. The Balaban J connectivity index is 1.48. The van der Waals surface area contributed by atoms with Gasteiger partial charge in [-0.05, 0) is 48.6 Å². The highest BCUT2D eigenvalue weighted by Crippen LogP contribution is 2.38. The second-order valence-electron chi connectivity index (χ2n) is 12.1. The van der Waals surface area contributed by atoms with Crippen LogP contribution in [0.25, 0.3) is 90.9 Å². The molecule has 7 aromatic rings. The fourth-order valence-corrected chi connectivity index (χ4v) is 6.62. The SMILES string of the molecule is Cn1cc(-c2c3nc(c(-c4cnn(C)c4)c4ccc([nH]4)c(-c4cnn(C)c4)c4nc(c(-c5cnn(C)c5)c5ccc2[nH]5)C=C4)C=C3)cn1. The van der Waals surface area contributed by atoms with Crippen molar-refractivity contribution in [3.8, 4) is 44.5 Å². The molecule has 0 radical (unpaired) electrons. The van der Waals surface area contributed by atoms with Gasteiger partial charge in [0.15, 0.2) is 0 Å². The summed E-state index contributed by atoms with van der Waals surface area (Å²) in [5.74, 6) is 0. The number of aryl methyl sites for hydroxylation is 4. The van der Waals surface area contributed by atoms with Crippen LogP contribution in [0.2, 0.25) is 0 Å². The molecule has 2 aliphatic rings. The number of hydrogen-bond donors (Lipinski definition) is 2. The van der Waals surface area contributed by atoms with Crippen molar-refractivity contribution in [2.45, 2.75) is 0 Å². The van der Waals surface area contributed by atoms with Gasteiger partial charge < -0.3 is 9.97 Å². The molecule has 2 aliphatic heterocycles. The highest BCUT2D eigenvalue weighted by Gasteiger charge is 2.20. The van der Waals surface area contributed by atoms with Crippen LogP contribution in [0.4, 0.5) is 0 Å². The second kappa shape index (κ2) is 10.5. The van der Waals surface area contributed by atoms with Crippen molar-refractivity contribution in [3.05, 3.63) is 96.6 Å². The molecule has 8 bridgehead atoms. The molecule has 0 amide bonds. The predicted molar refractivity (Wildman–Crippen MR) is 188 cm³/mol. The third-order valence-corrected chi connectivity index (χ3v) is 8.73. The quantitative estimate of drug-likeness (QED) is 0.236. The fraction of sp³-hybridized carbons (Fsp3) is 0.111. The predicted octanol–water partition coefficient (Wildman–Crippen LogP) is 6.26. The first kappa shape index (κ1) is 27.7. The van der Waals surface area contributed by atoms with E-state index in [1.54, 1.807) is 0 Å². The summed E-state index contributed by atoms with van der Waals surface area (Å²) in [6.07, 6.45) is 23.8. The van der Waals surface area contributed by atoms with Crippen LogP contribution in [0.5, 0.6) is 0 Å². The van der Waals surface area contributed by atoms with Gasteiger partial charge in [0.25, 0.3) is 0 Å². The number of aromatic amines is 2. The van der Waals surface area contributed by atoms with Crippen molar-refractivity contribution in [1.29, 1.82) is 0 Å². The first-order chi connectivity index (χ1) is 23.4. The van der Waals surface area contributed by atoms with Gasteiger partial charge in [0.1, 0.15) is 0 Å². The van der Waals surface area contributed by atoms with Crippen LogP contribution in [-0.4, -0.2) is 59.1 Å². The van der Waals surface area contributed by atoms with Crippen molar-refractivity contribution < 1.29 is 0 Å². The van der Waals surface area contributed by atoms with E-state index in [-0.39, 0.29) is 0 Å². The Morgan fingerprint density at radius 3 is 0.854 bits per heavy atom. The Hall–Kier alpha value is -6.56. The monoisotopic (exact) mass is 630 g/mol. The summed E-state index contributed by atoms with van der Waals surface area (Å²) in [6.45, 7) is 0. The normalized spacial score (nSPS) is 12.4. The Morgan fingerprint density at radius 1 is 0.396 bits per heavy atom. The molecule has 12 heteroatoms. The molecule has 0 saturated heterocycles. The van der Waals surface area contributed by atoms with Gasteiger partial charge in [-0.25, -0.2) is 9.97 Å². The van der Waals surface area contributed by atoms with Gasteiger partial charge in [0.05, 0.1) is 47.6 Å². The van der Waals surface area contributed by atoms with E-state index in [1.807, 2.05) is 96.5 Å². The maximum Gasteiger partial charge on any atom is 0.0738 e. The molecule has 12 nitrogen and oxygen atoms in total. The topological polar surface area (TPSA) is 129 Å². The third-order valence-electron chi connectivity index (χ3n) is 8.73. The summed E-state index contributed by atoms with van der Waals surface area (Å²) in [6, 6.07) is 8.39. The maximum absolute atomic E-state index is 5.27. The van der Waals surface area contributed by atoms with E-state index in [4.69, 9.17) is 9.97 Å². The molecule has 7 aromatic heterocycles.